The van der Waals surface area contributed by atoms with Gasteiger partial charge in [0.05, 0.1) is 19.1 Å². The van der Waals surface area contributed by atoms with E-state index >= 15 is 0 Å². The number of nitrogens with one attached hydrogen (secondary N) is 1. The molecule has 2 rings (SSSR count). The van der Waals surface area contributed by atoms with Gasteiger partial charge in [0.25, 0.3) is 0 Å². The molecule has 0 unspecified atom stereocenters. The Balaban J connectivity index is 1.99. The van der Waals surface area contributed by atoms with Gasteiger partial charge in [-0.15, -0.1) is 0 Å². The van der Waals surface area contributed by atoms with E-state index in [1.54, 1.807) is 7.11 Å². The van der Waals surface area contributed by atoms with E-state index in [0.717, 1.165) is 25.3 Å². The van der Waals surface area contributed by atoms with Gasteiger partial charge in [-0.2, -0.15) is 0 Å². The van der Waals surface area contributed by atoms with Crippen molar-refractivity contribution < 1.29 is 4.74 Å². The molecule has 4 heteroatoms. The Bertz CT molecular complexity index is 569. The van der Waals surface area contributed by atoms with Gasteiger partial charge in [0.2, 0.25) is 0 Å². The number of methoxy groups -OCH3 is 1. The van der Waals surface area contributed by atoms with Crippen molar-refractivity contribution in [1.82, 2.24) is 14.9 Å². The normalized spacial score (nSPS) is 11.6. The topological polar surface area (TPSA) is 39.1 Å². The summed E-state index contributed by atoms with van der Waals surface area (Å²) in [6.45, 7) is 8.24. The summed E-state index contributed by atoms with van der Waals surface area (Å²) in [4.78, 5) is 4.27. The fourth-order valence-corrected chi connectivity index (χ4v) is 2.20. The van der Waals surface area contributed by atoms with E-state index in [2.05, 4.69) is 41.7 Å². The van der Waals surface area contributed by atoms with Crippen molar-refractivity contribution in [2.75, 3.05) is 7.11 Å². The largest absolute Gasteiger partial charge is 0.496 e. The molecule has 0 atom stereocenters. The third kappa shape index (κ3) is 4.60. The van der Waals surface area contributed by atoms with Crippen molar-refractivity contribution >= 4 is 0 Å². The molecular weight excluding hydrogens is 262 g/mol. The SMILES string of the molecule is COc1ccccc1CCn1cncc1CNC(C)(C)C. The summed E-state index contributed by atoms with van der Waals surface area (Å²) in [5.74, 6) is 0.951. The van der Waals surface area contributed by atoms with Gasteiger partial charge in [-0.1, -0.05) is 18.2 Å². The Kier molecular flexibility index (Phi) is 5.02. The number of benzene rings is 1. The molecule has 2 aromatic rings. The zero-order chi connectivity index (χ0) is 15.3. The molecule has 0 aliphatic carbocycles. The van der Waals surface area contributed by atoms with Crippen LogP contribution in [0.1, 0.15) is 32.0 Å². The van der Waals surface area contributed by atoms with Crippen molar-refractivity contribution in [2.24, 2.45) is 0 Å². The number of imidazole rings is 1. The number of para-hydroxylation sites is 1. The van der Waals surface area contributed by atoms with Crippen LogP contribution < -0.4 is 10.1 Å². The average Bonchev–Trinajstić information content (AvgIpc) is 2.90. The molecule has 0 aliphatic rings. The first-order chi connectivity index (χ1) is 9.99. The lowest BCUT2D eigenvalue weighted by Crippen LogP contribution is -2.35. The molecule has 0 radical (unpaired) electrons. The lowest BCUT2D eigenvalue weighted by atomic mass is 10.1. The van der Waals surface area contributed by atoms with Crippen molar-refractivity contribution in [3.8, 4) is 5.75 Å². The molecule has 1 N–H and O–H groups in total. The minimum absolute atomic E-state index is 0.109. The molecule has 21 heavy (non-hydrogen) atoms. The first-order valence-electron chi connectivity index (χ1n) is 7.35. The quantitative estimate of drug-likeness (QED) is 0.887. The Labute approximate surface area is 127 Å². The average molecular weight is 287 g/mol. The number of rotatable bonds is 6. The lowest BCUT2D eigenvalue weighted by molar-refractivity contribution is 0.406. The van der Waals surface area contributed by atoms with E-state index in [4.69, 9.17) is 4.74 Å². The van der Waals surface area contributed by atoms with Gasteiger partial charge in [0.1, 0.15) is 5.75 Å². The first kappa shape index (κ1) is 15.6. The van der Waals surface area contributed by atoms with E-state index in [1.165, 1.54) is 11.3 Å². The van der Waals surface area contributed by atoms with Crippen LogP contribution in [0.3, 0.4) is 0 Å². The minimum atomic E-state index is 0.109. The molecule has 114 valence electrons. The fourth-order valence-electron chi connectivity index (χ4n) is 2.20. The van der Waals surface area contributed by atoms with E-state index in [-0.39, 0.29) is 5.54 Å². The second-order valence-corrected chi connectivity index (χ2v) is 6.24. The van der Waals surface area contributed by atoms with E-state index in [9.17, 15) is 0 Å². The van der Waals surface area contributed by atoms with Crippen LogP contribution >= 0.6 is 0 Å². The maximum absolute atomic E-state index is 5.40. The number of hydrogen-bond acceptors (Lipinski definition) is 3. The summed E-state index contributed by atoms with van der Waals surface area (Å²) in [6.07, 6.45) is 4.76. The highest BCUT2D eigenvalue weighted by Crippen LogP contribution is 2.18. The summed E-state index contributed by atoms with van der Waals surface area (Å²) in [5, 5.41) is 3.50. The van der Waals surface area contributed by atoms with E-state index in [1.807, 2.05) is 30.7 Å². The second-order valence-electron chi connectivity index (χ2n) is 6.24. The number of aromatic nitrogens is 2. The number of aryl methyl sites for hydroxylation is 2. The molecule has 1 aromatic heterocycles. The van der Waals surface area contributed by atoms with Crippen LogP contribution in [0.2, 0.25) is 0 Å². The smallest absolute Gasteiger partial charge is 0.122 e. The summed E-state index contributed by atoms with van der Waals surface area (Å²) >= 11 is 0. The van der Waals surface area contributed by atoms with Gasteiger partial charge in [0.15, 0.2) is 0 Å². The van der Waals surface area contributed by atoms with Crippen LogP contribution in [0.15, 0.2) is 36.8 Å². The molecule has 0 aliphatic heterocycles. The standard InChI is InChI=1S/C17H25N3O/c1-17(2,3)19-12-15-11-18-13-20(15)10-9-14-7-5-6-8-16(14)21-4/h5-8,11,13,19H,9-10,12H2,1-4H3. The molecular formula is C17H25N3O. The number of ether oxygens (including phenoxy) is 1. The van der Waals surface area contributed by atoms with Crippen molar-refractivity contribution in [2.45, 2.75) is 45.8 Å². The lowest BCUT2D eigenvalue weighted by Gasteiger charge is -2.21. The first-order valence-corrected chi connectivity index (χ1v) is 7.35. The summed E-state index contributed by atoms with van der Waals surface area (Å²) in [6, 6.07) is 8.17. The van der Waals surface area contributed by atoms with Crippen LogP contribution in [-0.2, 0) is 19.5 Å². The van der Waals surface area contributed by atoms with Crippen molar-refractivity contribution in [3.05, 3.63) is 48.0 Å². The van der Waals surface area contributed by atoms with Crippen LogP contribution in [0, 0.1) is 0 Å². The molecule has 4 nitrogen and oxygen atoms in total. The maximum Gasteiger partial charge on any atom is 0.122 e. The van der Waals surface area contributed by atoms with Gasteiger partial charge in [-0.25, -0.2) is 4.98 Å². The van der Waals surface area contributed by atoms with Crippen molar-refractivity contribution in [3.63, 3.8) is 0 Å². The highest BCUT2D eigenvalue weighted by Gasteiger charge is 2.11. The van der Waals surface area contributed by atoms with E-state index < -0.39 is 0 Å². The highest BCUT2D eigenvalue weighted by molar-refractivity contribution is 5.33. The van der Waals surface area contributed by atoms with Crippen LogP contribution in [0.25, 0.3) is 0 Å². The Morgan fingerprint density at radius 2 is 2.00 bits per heavy atom. The third-order valence-electron chi connectivity index (χ3n) is 3.41. The molecule has 1 heterocycles. The Morgan fingerprint density at radius 1 is 1.24 bits per heavy atom. The predicted octanol–water partition coefficient (Wildman–Crippen LogP) is 3.02. The van der Waals surface area contributed by atoms with Gasteiger partial charge in [0, 0.05) is 24.8 Å². The summed E-state index contributed by atoms with van der Waals surface area (Å²) < 4.78 is 7.60. The molecule has 0 saturated heterocycles. The number of nitrogens with zero attached hydrogens (tertiary/aromatic N) is 2. The zero-order valence-electron chi connectivity index (χ0n) is 13.4. The summed E-state index contributed by atoms with van der Waals surface area (Å²) in [5.41, 5.74) is 2.54. The molecule has 0 amide bonds. The Morgan fingerprint density at radius 3 is 2.71 bits per heavy atom. The fraction of sp³-hybridized carbons (Fsp3) is 0.471. The molecule has 1 aromatic carbocycles. The monoisotopic (exact) mass is 287 g/mol. The van der Waals surface area contributed by atoms with Crippen LogP contribution in [-0.4, -0.2) is 22.2 Å². The Hall–Kier alpha value is -1.81. The maximum atomic E-state index is 5.40. The highest BCUT2D eigenvalue weighted by atomic mass is 16.5. The molecule has 0 bridgehead atoms. The second kappa shape index (κ2) is 6.76. The van der Waals surface area contributed by atoms with Crippen LogP contribution in [0.4, 0.5) is 0 Å². The predicted molar refractivity (Wildman–Crippen MR) is 85.5 cm³/mol. The third-order valence-corrected chi connectivity index (χ3v) is 3.41. The molecule has 0 spiro atoms. The van der Waals surface area contributed by atoms with Gasteiger partial charge in [-0.05, 0) is 38.8 Å². The molecule has 0 fully saturated rings. The minimum Gasteiger partial charge on any atom is -0.496 e. The van der Waals surface area contributed by atoms with Gasteiger partial charge >= 0.3 is 0 Å². The van der Waals surface area contributed by atoms with Crippen molar-refractivity contribution in [1.29, 1.82) is 0 Å². The van der Waals surface area contributed by atoms with Gasteiger partial charge in [-0.3, -0.25) is 0 Å². The zero-order valence-corrected chi connectivity index (χ0v) is 13.4. The summed E-state index contributed by atoms with van der Waals surface area (Å²) in [7, 11) is 1.72. The van der Waals surface area contributed by atoms with E-state index in [0.29, 0.717) is 0 Å². The van der Waals surface area contributed by atoms with Crippen LogP contribution in [0.5, 0.6) is 5.75 Å². The van der Waals surface area contributed by atoms with Gasteiger partial charge < -0.3 is 14.6 Å². The number of hydrogen-bond donors (Lipinski definition) is 1. The molecule has 0 saturated carbocycles.